The minimum atomic E-state index is -3.66. The summed E-state index contributed by atoms with van der Waals surface area (Å²) >= 11 is 0. The van der Waals surface area contributed by atoms with Gasteiger partial charge in [0.15, 0.2) is 0 Å². The number of hydrogen-bond donors (Lipinski definition) is 2. The second kappa shape index (κ2) is 6.67. The average Bonchev–Trinajstić information content (AvgIpc) is 2.54. The van der Waals surface area contributed by atoms with E-state index in [2.05, 4.69) is 15.0 Å². The number of rotatable bonds is 5. The molecule has 6 nitrogen and oxygen atoms in total. The van der Waals surface area contributed by atoms with Crippen LogP contribution in [0.3, 0.4) is 0 Å². The van der Waals surface area contributed by atoms with E-state index < -0.39 is 10.0 Å². The molecule has 0 spiro atoms. The fourth-order valence-corrected chi connectivity index (χ4v) is 3.18. The van der Waals surface area contributed by atoms with Crippen LogP contribution < -0.4 is 10.0 Å². The number of carbonyl (C=O) groups is 1. The number of nitrogens with one attached hydrogen (secondary N) is 2. The first-order valence-corrected chi connectivity index (χ1v) is 8.17. The van der Waals surface area contributed by atoms with Crippen LogP contribution in [0.1, 0.15) is 28.9 Å². The lowest BCUT2D eigenvalue weighted by Crippen LogP contribution is -2.27. The number of hydrogen-bond acceptors (Lipinski definition) is 4. The summed E-state index contributed by atoms with van der Waals surface area (Å²) in [5, 5.41) is 2.48. The molecule has 1 aromatic heterocycles. The molecule has 22 heavy (non-hydrogen) atoms. The van der Waals surface area contributed by atoms with Crippen molar-refractivity contribution in [2.24, 2.45) is 0 Å². The summed E-state index contributed by atoms with van der Waals surface area (Å²) in [5.74, 6) is -0.262. The Kier molecular flexibility index (Phi) is 4.89. The molecule has 0 fully saturated rings. The third-order valence-corrected chi connectivity index (χ3v) is 4.75. The molecule has 1 atom stereocenters. The summed E-state index contributed by atoms with van der Waals surface area (Å²) in [7, 11) is -2.14. The highest BCUT2D eigenvalue weighted by Crippen LogP contribution is 2.16. The number of aromatic nitrogens is 1. The molecule has 7 heteroatoms. The molecule has 0 aliphatic heterocycles. The lowest BCUT2D eigenvalue weighted by atomic mass is 10.1. The van der Waals surface area contributed by atoms with Gasteiger partial charge in [-0.1, -0.05) is 0 Å². The molecule has 2 rings (SSSR count). The van der Waals surface area contributed by atoms with Gasteiger partial charge >= 0.3 is 0 Å². The SMILES string of the molecule is CNC(=O)c1ccc(S(=O)(=O)N[C@@H](C)c2ccncc2)cc1. The van der Waals surface area contributed by atoms with Crippen molar-refractivity contribution in [3.05, 3.63) is 59.9 Å². The molecule has 2 N–H and O–H groups in total. The monoisotopic (exact) mass is 319 g/mol. The van der Waals surface area contributed by atoms with Crippen LogP contribution in [-0.4, -0.2) is 26.4 Å². The van der Waals surface area contributed by atoms with Gasteiger partial charge in [-0.05, 0) is 48.9 Å². The molecule has 0 bridgehead atoms. The average molecular weight is 319 g/mol. The summed E-state index contributed by atoms with van der Waals surface area (Å²) in [6.07, 6.45) is 3.22. The van der Waals surface area contributed by atoms with Gasteiger partial charge in [0.05, 0.1) is 4.90 Å². The Labute approximate surface area is 129 Å². The number of amides is 1. The minimum Gasteiger partial charge on any atom is -0.355 e. The highest BCUT2D eigenvalue weighted by Gasteiger charge is 2.18. The van der Waals surface area contributed by atoms with Gasteiger partial charge in [0.1, 0.15) is 0 Å². The summed E-state index contributed by atoms with van der Waals surface area (Å²) < 4.78 is 27.3. The fourth-order valence-electron chi connectivity index (χ4n) is 1.95. The van der Waals surface area contributed by atoms with E-state index in [1.807, 2.05) is 0 Å². The predicted molar refractivity (Wildman–Crippen MR) is 82.8 cm³/mol. The molecule has 0 aliphatic rings. The van der Waals surface area contributed by atoms with Crippen LogP contribution in [0.2, 0.25) is 0 Å². The summed E-state index contributed by atoms with van der Waals surface area (Å²) in [5.41, 5.74) is 1.23. The zero-order valence-electron chi connectivity index (χ0n) is 12.3. The van der Waals surface area contributed by atoms with E-state index in [0.717, 1.165) is 5.56 Å². The molecule has 1 heterocycles. The van der Waals surface area contributed by atoms with Gasteiger partial charge in [-0.15, -0.1) is 0 Å². The van der Waals surface area contributed by atoms with Gasteiger partial charge in [-0.2, -0.15) is 0 Å². The lowest BCUT2D eigenvalue weighted by Gasteiger charge is -2.14. The molecule has 0 saturated carbocycles. The van der Waals surface area contributed by atoms with Crippen LogP contribution in [0, 0.1) is 0 Å². The van der Waals surface area contributed by atoms with Crippen molar-refractivity contribution < 1.29 is 13.2 Å². The van der Waals surface area contributed by atoms with E-state index in [-0.39, 0.29) is 16.8 Å². The standard InChI is InChI=1S/C15H17N3O3S/c1-11(12-7-9-17-10-8-12)18-22(20,21)14-5-3-13(4-6-14)15(19)16-2/h3-11,18H,1-2H3,(H,16,19)/t11-/m0/s1. The molecule has 0 aliphatic carbocycles. The maximum atomic E-state index is 12.3. The van der Waals surface area contributed by atoms with Crippen LogP contribution in [-0.2, 0) is 10.0 Å². The molecule has 1 aromatic carbocycles. The quantitative estimate of drug-likeness (QED) is 0.874. The second-order valence-corrected chi connectivity index (χ2v) is 6.44. The Balaban J connectivity index is 2.18. The largest absolute Gasteiger partial charge is 0.355 e. The van der Waals surface area contributed by atoms with E-state index in [1.165, 1.54) is 31.3 Å². The van der Waals surface area contributed by atoms with Crippen molar-refractivity contribution in [2.45, 2.75) is 17.9 Å². The first-order chi connectivity index (χ1) is 10.4. The van der Waals surface area contributed by atoms with Crippen molar-refractivity contribution in [1.82, 2.24) is 15.0 Å². The van der Waals surface area contributed by atoms with Crippen molar-refractivity contribution in [3.8, 4) is 0 Å². The van der Waals surface area contributed by atoms with Crippen molar-refractivity contribution in [2.75, 3.05) is 7.05 Å². The van der Waals surface area contributed by atoms with Crippen LogP contribution in [0.5, 0.6) is 0 Å². The number of carbonyl (C=O) groups excluding carboxylic acids is 1. The van der Waals surface area contributed by atoms with Crippen molar-refractivity contribution in [3.63, 3.8) is 0 Å². The molecule has 0 radical (unpaired) electrons. The third-order valence-electron chi connectivity index (χ3n) is 3.19. The maximum Gasteiger partial charge on any atom is 0.251 e. The van der Waals surface area contributed by atoms with E-state index in [9.17, 15) is 13.2 Å². The molecule has 0 saturated heterocycles. The zero-order chi connectivity index (χ0) is 16.2. The Morgan fingerprint density at radius 1 is 1.09 bits per heavy atom. The van der Waals surface area contributed by atoms with E-state index in [0.29, 0.717) is 5.56 Å². The van der Waals surface area contributed by atoms with Gasteiger partial charge in [0.2, 0.25) is 10.0 Å². The van der Waals surface area contributed by atoms with Gasteiger partial charge in [0.25, 0.3) is 5.91 Å². The Morgan fingerprint density at radius 3 is 2.23 bits per heavy atom. The summed E-state index contributed by atoms with van der Waals surface area (Å²) in [6, 6.07) is 8.89. The molecular formula is C15H17N3O3S. The normalized spacial score (nSPS) is 12.6. The van der Waals surface area contributed by atoms with Gasteiger partial charge in [-0.3, -0.25) is 9.78 Å². The van der Waals surface area contributed by atoms with Crippen molar-refractivity contribution >= 4 is 15.9 Å². The number of benzene rings is 1. The minimum absolute atomic E-state index is 0.112. The number of pyridine rings is 1. The van der Waals surface area contributed by atoms with Gasteiger partial charge in [0, 0.05) is 31.0 Å². The molecule has 0 unspecified atom stereocenters. The Hall–Kier alpha value is -2.25. The second-order valence-electron chi connectivity index (χ2n) is 4.73. The highest BCUT2D eigenvalue weighted by molar-refractivity contribution is 7.89. The van der Waals surface area contributed by atoms with Crippen LogP contribution in [0.25, 0.3) is 0 Å². The summed E-state index contributed by atoms with van der Waals surface area (Å²) in [6.45, 7) is 1.76. The Morgan fingerprint density at radius 2 is 1.68 bits per heavy atom. The van der Waals surface area contributed by atoms with E-state index in [4.69, 9.17) is 0 Å². The van der Waals surface area contributed by atoms with Crippen LogP contribution in [0.15, 0.2) is 53.7 Å². The lowest BCUT2D eigenvalue weighted by molar-refractivity contribution is 0.0963. The van der Waals surface area contributed by atoms with Gasteiger partial charge in [-0.25, -0.2) is 13.1 Å². The fraction of sp³-hybridized carbons (Fsp3) is 0.200. The van der Waals surface area contributed by atoms with Crippen molar-refractivity contribution in [1.29, 1.82) is 0 Å². The smallest absolute Gasteiger partial charge is 0.251 e. The first-order valence-electron chi connectivity index (χ1n) is 6.68. The molecule has 116 valence electrons. The number of nitrogens with zero attached hydrogens (tertiary/aromatic N) is 1. The molecule has 1 amide bonds. The topological polar surface area (TPSA) is 88.2 Å². The Bertz CT molecular complexity index is 743. The van der Waals surface area contributed by atoms with Crippen LogP contribution in [0.4, 0.5) is 0 Å². The third kappa shape index (κ3) is 3.69. The summed E-state index contributed by atoms with van der Waals surface area (Å²) in [4.78, 5) is 15.5. The van der Waals surface area contributed by atoms with Gasteiger partial charge < -0.3 is 5.32 Å². The maximum absolute atomic E-state index is 12.3. The van der Waals surface area contributed by atoms with E-state index in [1.54, 1.807) is 31.5 Å². The first kappa shape index (κ1) is 16.1. The predicted octanol–water partition coefficient (Wildman–Crippen LogP) is 1.48. The molecular weight excluding hydrogens is 302 g/mol. The molecule has 2 aromatic rings. The highest BCUT2D eigenvalue weighted by atomic mass is 32.2. The zero-order valence-corrected chi connectivity index (χ0v) is 13.1. The number of sulfonamides is 1. The van der Waals surface area contributed by atoms with Crippen LogP contribution >= 0.6 is 0 Å². The van der Waals surface area contributed by atoms with E-state index >= 15 is 0 Å².